The number of rotatable bonds is 6. The Kier molecular flexibility index (Phi) is 5.90. The monoisotopic (exact) mass is 350 g/mol. The van der Waals surface area contributed by atoms with Gasteiger partial charge in [-0.15, -0.1) is 0 Å². The van der Waals surface area contributed by atoms with Gasteiger partial charge in [-0.1, -0.05) is 69.3 Å². The largest absolute Gasteiger partial charge is 0.369 e. The number of hydrogen-bond acceptors (Lipinski definition) is 2. The number of benzene rings is 1. The summed E-state index contributed by atoms with van der Waals surface area (Å²) >= 11 is 0. The van der Waals surface area contributed by atoms with Gasteiger partial charge in [0.1, 0.15) is 0 Å². The van der Waals surface area contributed by atoms with Gasteiger partial charge in [-0.2, -0.15) is 0 Å². The first-order valence-corrected chi connectivity index (χ1v) is 10.2. The molecule has 3 rings (SSSR count). The van der Waals surface area contributed by atoms with Gasteiger partial charge in [0.05, 0.1) is 11.4 Å². The van der Waals surface area contributed by atoms with E-state index in [1.165, 1.54) is 43.4 Å². The predicted molar refractivity (Wildman–Crippen MR) is 112 cm³/mol. The SMILES string of the molecule is C=C/C=C1/C(=C)N(C)C(CC)CN1CCC1(c2ccccc2)CCCC1. The third-order valence-corrected chi connectivity index (χ3v) is 6.60. The minimum absolute atomic E-state index is 0.354. The zero-order chi connectivity index (χ0) is 18.6. The van der Waals surface area contributed by atoms with Crippen LogP contribution in [0.3, 0.4) is 0 Å². The number of nitrogens with zero attached hydrogens (tertiary/aromatic N) is 2. The molecular formula is C24H34N2. The number of hydrogen-bond donors (Lipinski definition) is 0. The minimum atomic E-state index is 0.354. The van der Waals surface area contributed by atoms with Crippen LogP contribution in [0.1, 0.15) is 51.0 Å². The summed E-state index contributed by atoms with van der Waals surface area (Å²) < 4.78 is 0. The maximum atomic E-state index is 4.37. The first-order valence-electron chi connectivity index (χ1n) is 10.2. The fourth-order valence-corrected chi connectivity index (χ4v) is 4.86. The van der Waals surface area contributed by atoms with Crippen molar-refractivity contribution in [2.24, 2.45) is 0 Å². The molecule has 1 aliphatic heterocycles. The zero-order valence-electron chi connectivity index (χ0n) is 16.6. The van der Waals surface area contributed by atoms with E-state index < -0.39 is 0 Å². The summed E-state index contributed by atoms with van der Waals surface area (Å²) in [5.41, 5.74) is 4.26. The molecule has 1 aromatic carbocycles. The molecule has 0 amide bonds. The second-order valence-corrected chi connectivity index (χ2v) is 7.96. The Balaban J connectivity index is 1.80. The van der Waals surface area contributed by atoms with Crippen molar-refractivity contribution in [3.63, 3.8) is 0 Å². The van der Waals surface area contributed by atoms with E-state index in [4.69, 9.17) is 0 Å². The van der Waals surface area contributed by atoms with Crippen molar-refractivity contribution in [2.75, 3.05) is 20.1 Å². The Morgan fingerprint density at radius 2 is 1.88 bits per heavy atom. The van der Waals surface area contributed by atoms with Crippen LogP contribution in [0, 0.1) is 0 Å². The molecule has 2 fully saturated rings. The summed E-state index contributed by atoms with van der Waals surface area (Å²) in [6.45, 7) is 12.7. The van der Waals surface area contributed by atoms with Crippen LogP contribution >= 0.6 is 0 Å². The second-order valence-electron chi connectivity index (χ2n) is 7.96. The molecule has 2 heteroatoms. The molecule has 1 aliphatic carbocycles. The third-order valence-electron chi connectivity index (χ3n) is 6.60. The fraction of sp³-hybridized carbons (Fsp3) is 0.500. The van der Waals surface area contributed by atoms with Gasteiger partial charge in [-0.25, -0.2) is 0 Å². The molecule has 0 spiro atoms. The highest BCUT2D eigenvalue weighted by Gasteiger charge is 2.37. The maximum Gasteiger partial charge on any atom is 0.0598 e. The Hall–Kier alpha value is -1.96. The van der Waals surface area contributed by atoms with E-state index in [1.54, 1.807) is 0 Å². The lowest BCUT2D eigenvalue weighted by Gasteiger charge is -2.45. The molecular weight excluding hydrogens is 316 g/mol. The van der Waals surface area contributed by atoms with Crippen LogP contribution in [0.15, 0.2) is 67.0 Å². The molecule has 0 N–H and O–H groups in total. The quantitative estimate of drug-likeness (QED) is 0.668. The van der Waals surface area contributed by atoms with E-state index in [-0.39, 0.29) is 0 Å². The molecule has 1 heterocycles. The van der Waals surface area contributed by atoms with E-state index in [2.05, 4.69) is 73.3 Å². The van der Waals surface area contributed by atoms with Crippen molar-refractivity contribution < 1.29 is 0 Å². The Morgan fingerprint density at radius 3 is 2.50 bits per heavy atom. The zero-order valence-corrected chi connectivity index (χ0v) is 16.6. The van der Waals surface area contributed by atoms with Gasteiger partial charge in [0, 0.05) is 26.2 Å². The lowest BCUT2D eigenvalue weighted by molar-refractivity contribution is 0.160. The Morgan fingerprint density at radius 1 is 1.19 bits per heavy atom. The first-order chi connectivity index (χ1) is 12.6. The number of allylic oxidation sites excluding steroid dienone is 2. The molecule has 26 heavy (non-hydrogen) atoms. The van der Waals surface area contributed by atoms with Crippen molar-refractivity contribution in [1.29, 1.82) is 0 Å². The number of piperazine rings is 1. The van der Waals surface area contributed by atoms with E-state index >= 15 is 0 Å². The van der Waals surface area contributed by atoms with Crippen molar-refractivity contribution >= 4 is 0 Å². The lowest BCUT2D eigenvalue weighted by Crippen LogP contribution is -2.49. The average Bonchev–Trinajstić information content (AvgIpc) is 3.16. The summed E-state index contributed by atoms with van der Waals surface area (Å²) in [6, 6.07) is 11.7. The highest BCUT2D eigenvalue weighted by Crippen LogP contribution is 2.44. The lowest BCUT2D eigenvalue weighted by atomic mass is 9.76. The van der Waals surface area contributed by atoms with Crippen LogP contribution in [0.2, 0.25) is 0 Å². The summed E-state index contributed by atoms with van der Waals surface area (Å²) in [6.07, 6.45) is 11.8. The average molecular weight is 351 g/mol. The van der Waals surface area contributed by atoms with Crippen LogP contribution in [-0.2, 0) is 5.41 Å². The normalized spacial score (nSPS) is 24.3. The Bertz CT molecular complexity index is 652. The molecule has 0 aromatic heterocycles. The molecule has 1 saturated heterocycles. The Labute approximate surface area is 159 Å². The van der Waals surface area contributed by atoms with Crippen molar-refractivity contribution in [1.82, 2.24) is 9.80 Å². The van der Waals surface area contributed by atoms with Gasteiger partial charge in [-0.05, 0) is 42.7 Å². The second kappa shape index (κ2) is 8.16. The fourth-order valence-electron chi connectivity index (χ4n) is 4.86. The van der Waals surface area contributed by atoms with Gasteiger partial charge in [-0.3, -0.25) is 0 Å². The van der Waals surface area contributed by atoms with E-state index in [0.29, 0.717) is 11.5 Å². The summed E-state index contributed by atoms with van der Waals surface area (Å²) in [4.78, 5) is 4.90. The van der Waals surface area contributed by atoms with Gasteiger partial charge < -0.3 is 9.80 Å². The van der Waals surface area contributed by atoms with Gasteiger partial charge >= 0.3 is 0 Å². The topological polar surface area (TPSA) is 6.48 Å². The predicted octanol–water partition coefficient (Wildman–Crippen LogP) is 5.50. The molecule has 2 nitrogen and oxygen atoms in total. The van der Waals surface area contributed by atoms with E-state index in [1.807, 2.05) is 6.08 Å². The van der Waals surface area contributed by atoms with Crippen LogP contribution < -0.4 is 0 Å². The highest BCUT2D eigenvalue weighted by molar-refractivity contribution is 5.33. The van der Waals surface area contributed by atoms with Gasteiger partial charge in [0.15, 0.2) is 0 Å². The van der Waals surface area contributed by atoms with Gasteiger partial charge in [0.2, 0.25) is 0 Å². The minimum Gasteiger partial charge on any atom is -0.369 e. The third kappa shape index (κ3) is 3.60. The molecule has 2 aliphatic rings. The standard InChI is InChI=1S/C24H34N2/c1-5-12-23-20(3)25(4)22(6-2)19-26(23)18-17-24(15-10-11-16-24)21-13-8-7-9-14-21/h5,7-9,12-14,22H,1,3,6,10-11,15-19H2,2,4H3/b23-12-. The molecule has 1 aromatic rings. The van der Waals surface area contributed by atoms with Crippen molar-refractivity contribution in [2.45, 2.75) is 56.9 Å². The van der Waals surface area contributed by atoms with Crippen LogP contribution in [-0.4, -0.2) is 36.0 Å². The molecule has 1 saturated carbocycles. The van der Waals surface area contributed by atoms with Crippen LogP contribution in [0.5, 0.6) is 0 Å². The summed E-state index contributed by atoms with van der Waals surface area (Å²) in [7, 11) is 2.17. The summed E-state index contributed by atoms with van der Waals surface area (Å²) in [5.74, 6) is 0. The first kappa shape index (κ1) is 18.8. The number of likely N-dealkylation sites (N-methyl/N-ethyl adjacent to an activating group) is 1. The van der Waals surface area contributed by atoms with Crippen LogP contribution in [0.4, 0.5) is 0 Å². The highest BCUT2D eigenvalue weighted by atomic mass is 15.3. The maximum absolute atomic E-state index is 4.37. The molecule has 1 atom stereocenters. The smallest absolute Gasteiger partial charge is 0.0598 e. The van der Waals surface area contributed by atoms with Crippen LogP contribution in [0.25, 0.3) is 0 Å². The molecule has 140 valence electrons. The summed E-state index contributed by atoms with van der Waals surface area (Å²) in [5, 5.41) is 0. The molecule has 0 radical (unpaired) electrons. The van der Waals surface area contributed by atoms with Crippen molar-refractivity contribution in [3.05, 3.63) is 72.6 Å². The van der Waals surface area contributed by atoms with E-state index in [0.717, 1.165) is 25.2 Å². The van der Waals surface area contributed by atoms with Gasteiger partial charge in [0.25, 0.3) is 0 Å². The van der Waals surface area contributed by atoms with Crippen molar-refractivity contribution in [3.8, 4) is 0 Å². The molecule has 0 bridgehead atoms. The molecule has 1 unspecified atom stereocenters. The van der Waals surface area contributed by atoms with E-state index in [9.17, 15) is 0 Å².